The van der Waals surface area contributed by atoms with E-state index in [0.717, 1.165) is 89.9 Å². The Morgan fingerprint density at radius 3 is 1.50 bits per heavy atom. The van der Waals surface area contributed by atoms with Gasteiger partial charge in [-0.25, -0.2) is 0 Å². The molecular weight excluding hydrogens is 733 g/mol. The second-order valence-electron chi connectivity index (χ2n) is 14.1. The summed E-state index contributed by atoms with van der Waals surface area (Å²) in [5, 5.41) is 10.8. The number of phosphoric acid groups is 1. The largest absolute Gasteiger partial charge is 0.756 e. The monoisotopic (exact) mass is 809 g/mol. The van der Waals surface area contributed by atoms with Gasteiger partial charge in [-0.2, -0.15) is 0 Å². The number of phosphoric ester groups is 1. The van der Waals surface area contributed by atoms with Crippen LogP contribution < -0.4 is 15.7 Å². The minimum Gasteiger partial charge on any atom is -0.756 e. The first-order valence-corrected chi connectivity index (χ1v) is 22.8. The van der Waals surface area contributed by atoms with E-state index >= 15 is 0 Å². The first kappa shape index (κ1) is 53.2. The van der Waals surface area contributed by atoms with Gasteiger partial charge >= 0.3 is 11.9 Å². The SMILES string of the molecule is CC/C=C\C/C=C\C/C=C\CCCCCCCC(=O)O[C@H](COC(=O)CCCCCCCCC/C=C\C/C=C\CCCCC)COP(=O)([O-])OC[C@H]([NH3+])C(=O)[O-]. The molecule has 11 nitrogen and oxygen atoms in total. The molecule has 1 unspecified atom stereocenters. The Hall–Kier alpha value is -2.82. The Kier molecular flexibility index (Phi) is 37.1. The number of ether oxygens (including phenoxy) is 2. The van der Waals surface area contributed by atoms with Gasteiger partial charge in [0.15, 0.2) is 6.10 Å². The number of carboxylic acids is 1. The fraction of sp³-hybridized carbons (Fsp3) is 0.705. The van der Waals surface area contributed by atoms with Crippen molar-refractivity contribution in [3.8, 4) is 0 Å². The minimum atomic E-state index is -4.96. The number of carbonyl (C=O) groups excluding carboxylic acids is 3. The predicted octanol–water partition coefficient (Wildman–Crippen LogP) is 8.49. The van der Waals surface area contributed by atoms with Crippen LogP contribution in [-0.2, 0) is 37.5 Å². The van der Waals surface area contributed by atoms with Crippen molar-refractivity contribution in [2.24, 2.45) is 0 Å². The van der Waals surface area contributed by atoms with E-state index in [1.165, 1.54) is 38.5 Å². The van der Waals surface area contributed by atoms with Gasteiger partial charge < -0.3 is 39.0 Å². The summed E-state index contributed by atoms with van der Waals surface area (Å²) < 4.78 is 32.3. The molecule has 0 heterocycles. The van der Waals surface area contributed by atoms with Crippen molar-refractivity contribution in [1.82, 2.24) is 0 Å². The van der Waals surface area contributed by atoms with Crippen LogP contribution in [0.25, 0.3) is 0 Å². The number of unbranched alkanes of at least 4 members (excludes halogenated alkanes) is 15. The summed E-state index contributed by atoms with van der Waals surface area (Å²) in [5.41, 5.74) is 3.24. The number of rotatable bonds is 39. The Bertz CT molecular complexity index is 1180. The van der Waals surface area contributed by atoms with Gasteiger partial charge in [0, 0.05) is 12.8 Å². The maximum atomic E-state index is 12.6. The summed E-state index contributed by atoms with van der Waals surface area (Å²) in [6.07, 6.45) is 44.0. The van der Waals surface area contributed by atoms with Crippen molar-refractivity contribution >= 4 is 25.7 Å². The van der Waals surface area contributed by atoms with Crippen molar-refractivity contribution in [2.45, 2.75) is 180 Å². The first-order chi connectivity index (χ1) is 27.1. The Morgan fingerprint density at radius 1 is 0.571 bits per heavy atom. The summed E-state index contributed by atoms with van der Waals surface area (Å²) in [6.45, 7) is 2.53. The van der Waals surface area contributed by atoms with E-state index in [1.807, 2.05) is 0 Å². The average molecular weight is 809 g/mol. The number of quaternary nitrogens is 1. The lowest BCUT2D eigenvalue weighted by Crippen LogP contribution is -2.70. The smallest absolute Gasteiger partial charge is 0.306 e. The molecule has 3 N–H and O–H groups in total. The third kappa shape index (κ3) is 38.1. The zero-order valence-electron chi connectivity index (χ0n) is 34.8. The molecule has 3 atom stereocenters. The normalized spacial score (nSPS) is 14.4. The highest BCUT2D eigenvalue weighted by Crippen LogP contribution is 2.38. The molecule has 322 valence electrons. The molecule has 0 rings (SSSR count). The van der Waals surface area contributed by atoms with Gasteiger partial charge in [-0.15, -0.1) is 0 Å². The number of allylic oxidation sites excluding steroid dienone is 10. The van der Waals surface area contributed by atoms with Crippen LogP contribution >= 0.6 is 7.82 Å². The lowest BCUT2D eigenvalue weighted by molar-refractivity contribution is -0.441. The van der Waals surface area contributed by atoms with Crippen LogP contribution in [0, 0.1) is 0 Å². The molecule has 0 saturated heterocycles. The molecule has 0 radical (unpaired) electrons. The predicted molar refractivity (Wildman–Crippen MR) is 220 cm³/mol. The van der Waals surface area contributed by atoms with E-state index in [9.17, 15) is 28.9 Å². The quantitative estimate of drug-likeness (QED) is 0.0274. The molecular formula is C44H75NO10P-. The summed E-state index contributed by atoms with van der Waals surface area (Å²) in [6, 6.07) is -1.43. The molecule has 0 aromatic heterocycles. The maximum Gasteiger partial charge on any atom is 0.306 e. The fourth-order valence-corrected chi connectivity index (χ4v) is 6.19. The number of carboxylic acid groups (broad SMARTS) is 1. The van der Waals surface area contributed by atoms with Crippen LogP contribution in [0.1, 0.15) is 168 Å². The molecule has 0 amide bonds. The fourth-order valence-electron chi connectivity index (χ4n) is 5.40. The third-order valence-corrected chi connectivity index (χ3v) is 9.71. The van der Waals surface area contributed by atoms with E-state index < -0.39 is 51.1 Å². The maximum absolute atomic E-state index is 12.6. The zero-order chi connectivity index (χ0) is 41.4. The van der Waals surface area contributed by atoms with Crippen molar-refractivity contribution < 1.29 is 53.2 Å². The topological polar surface area (TPSA) is 179 Å². The molecule has 12 heteroatoms. The van der Waals surface area contributed by atoms with E-state index in [-0.39, 0.29) is 19.4 Å². The van der Waals surface area contributed by atoms with Gasteiger partial charge in [-0.3, -0.25) is 14.2 Å². The third-order valence-electron chi connectivity index (χ3n) is 8.78. The molecule has 0 spiro atoms. The van der Waals surface area contributed by atoms with Crippen LogP contribution in [0.15, 0.2) is 60.8 Å². The van der Waals surface area contributed by atoms with Crippen molar-refractivity contribution in [3.05, 3.63) is 60.8 Å². The molecule has 0 aliphatic carbocycles. The highest BCUT2D eigenvalue weighted by molar-refractivity contribution is 7.45. The van der Waals surface area contributed by atoms with Crippen LogP contribution in [0.3, 0.4) is 0 Å². The van der Waals surface area contributed by atoms with Crippen molar-refractivity contribution in [2.75, 3.05) is 19.8 Å². The second kappa shape index (κ2) is 39.0. The van der Waals surface area contributed by atoms with Gasteiger partial charge in [-0.05, 0) is 77.0 Å². The Balaban J connectivity index is 4.41. The highest BCUT2D eigenvalue weighted by Gasteiger charge is 2.22. The lowest BCUT2D eigenvalue weighted by Gasteiger charge is -2.26. The van der Waals surface area contributed by atoms with Gasteiger partial charge in [0.05, 0.1) is 6.61 Å². The Morgan fingerprint density at radius 2 is 1.00 bits per heavy atom. The van der Waals surface area contributed by atoms with Gasteiger partial charge in [-0.1, -0.05) is 139 Å². The standard InChI is InChI=1S/C44H76NO10P/c1-3-5-7-9-11-13-15-17-19-20-22-23-25-27-29-31-33-35-42(46)52-37-40(38-53-56(50,51)54-39-41(45)44(48)49)55-43(47)36-34-32-30-28-26-24-21-18-16-14-12-10-8-6-4-2/h6,8,11-14,17-19,21,40-41H,3-5,7,9-10,15-16,20,22-39,45H2,1-2H3,(H,48,49)(H,50,51)/p-1/b8-6-,13-11-,14-12-,19-17-,21-18-/t40-,41+/m1/s1. The van der Waals surface area contributed by atoms with Crippen LogP contribution in [0.4, 0.5) is 0 Å². The lowest BCUT2D eigenvalue weighted by atomic mass is 10.1. The molecule has 0 aromatic rings. The summed E-state index contributed by atoms with van der Waals surface area (Å²) in [7, 11) is -4.96. The number of hydrogen-bond donors (Lipinski definition) is 1. The zero-order valence-corrected chi connectivity index (χ0v) is 35.7. The summed E-state index contributed by atoms with van der Waals surface area (Å²) >= 11 is 0. The van der Waals surface area contributed by atoms with Gasteiger partial charge in [0.25, 0.3) is 7.82 Å². The molecule has 0 aromatic carbocycles. The van der Waals surface area contributed by atoms with E-state index in [2.05, 4.69) is 84.9 Å². The molecule has 0 saturated carbocycles. The van der Waals surface area contributed by atoms with E-state index in [1.54, 1.807) is 0 Å². The first-order valence-electron chi connectivity index (χ1n) is 21.3. The van der Waals surface area contributed by atoms with Crippen molar-refractivity contribution in [1.29, 1.82) is 0 Å². The van der Waals surface area contributed by atoms with Crippen LogP contribution in [0.2, 0.25) is 0 Å². The van der Waals surface area contributed by atoms with E-state index in [0.29, 0.717) is 12.8 Å². The molecule has 0 aliphatic heterocycles. The number of hydrogen-bond acceptors (Lipinski definition) is 10. The number of carbonyl (C=O) groups is 3. The summed E-state index contributed by atoms with van der Waals surface area (Å²) in [4.78, 5) is 48.0. The Labute approximate surface area is 338 Å². The number of esters is 2. The number of aliphatic carboxylic acids is 1. The molecule has 0 fully saturated rings. The molecule has 0 aliphatic rings. The average Bonchev–Trinajstić information content (AvgIpc) is 3.17. The minimum absolute atomic E-state index is 0.123. The molecule has 0 bridgehead atoms. The molecule has 56 heavy (non-hydrogen) atoms. The van der Waals surface area contributed by atoms with Crippen molar-refractivity contribution in [3.63, 3.8) is 0 Å². The highest BCUT2D eigenvalue weighted by atomic mass is 31.2. The van der Waals surface area contributed by atoms with Gasteiger partial charge in [0.2, 0.25) is 0 Å². The van der Waals surface area contributed by atoms with Gasteiger partial charge in [0.1, 0.15) is 25.2 Å². The van der Waals surface area contributed by atoms with Crippen LogP contribution in [0.5, 0.6) is 0 Å². The second-order valence-corrected chi connectivity index (χ2v) is 15.5. The van der Waals surface area contributed by atoms with E-state index in [4.69, 9.17) is 14.0 Å². The summed E-state index contributed by atoms with van der Waals surface area (Å²) in [5.74, 6) is -2.62. The van der Waals surface area contributed by atoms with Crippen LogP contribution in [-0.4, -0.2) is 49.9 Å².